The highest BCUT2D eigenvalue weighted by Gasteiger charge is 2.43. The third-order valence-corrected chi connectivity index (χ3v) is 7.64. The highest BCUT2D eigenvalue weighted by atomic mass is 127. The molecule has 7 nitrogen and oxygen atoms in total. The number of carboxylic acids is 1. The van der Waals surface area contributed by atoms with Crippen molar-refractivity contribution in [1.82, 2.24) is 4.90 Å². The SMILES string of the molecule is O=C(O)CCCCN1C(=O)[C@@H](c2ccc(Cl)cc2)N([C@H](CO)c2ccc(Cl)cc2)C(=O)c2cc(I)ccc21. The lowest BCUT2D eigenvalue weighted by atomic mass is 9.98. The van der Waals surface area contributed by atoms with Crippen LogP contribution in [0.3, 0.4) is 0 Å². The average Bonchev–Trinajstić information content (AvgIpc) is 2.97. The van der Waals surface area contributed by atoms with Crippen LogP contribution in [0.15, 0.2) is 66.7 Å². The number of unbranched alkanes of at least 4 members (excludes halogenated alkanes) is 1. The molecule has 0 radical (unpaired) electrons. The molecule has 0 bridgehead atoms. The van der Waals surface area contributed by atoms with Crippen molar-refractivity contribution in [2.45, 2.75) is 31.3 Å². The summed E-state index contributed by atoms with van der Waals surface area (Å²) in [5.74, 6) is -1.67. The number of fused-ring (bicyclic) bond motifs is 1. The Labute approximate surface area is 244 Å². The fraction of sp³-hybridized carbons (Fsp3) is 0.250. The monoisotopic (exact) mass is 666 g/mol. The molecule has 38 heavy (non-hydrogen) atoms. The maximum absolute atomic E-state index is 14.3. The van der Waals surface area contributed by atoms with Gasteiger partial charge in [0.15, 0.2) is 0 Å². The van der Waals surface area contributed by atoms with Crippen LogP contribution in [0, 0.1) is 3.57 Å². The van der Waals surface area contributed by atoms with Gasteiger partial charge >= 0.3 is 5.97 Å². The van der Waals surface area contributed by atoms with Crippen LogP contribution in [0.5, 0.6) is 0 Å². The molecule has 2 atom stereocenters. The van der Waals surface area contributed by atoms with E-state index in [-0.39, 0.29) is 18.9 Å². The second-order valence-corrected chi connectivity index (χ2v) is 11.0. The number of aliphatic carboxylic acids is 1. The van der Waals surface area contributed by atoms with Crippen molar-refractivity contribution in [2.75, 3.05) is 18.1 Å². The summed E-state index contributed by atoms with van der Waals surface area (Å²) in [6, 6.07) is 16.9. The number of hydrogen-bond acceptors (Lipinski definition) is 4. The van der Waals surface area contributed by atoms with Gasteiger partial charge in [0.2, 0.25) is 0 Å². The zero-order valence-electron chi connectivity index (χ0n) is 20.2. The van der Waals surface area contributed by atoms with Gasteiger partial charge in [-0.1, -0.05) is 47.5 Å². The Kier molecular flexibility index (Phi) is 9.30. The maximum Gasteiger partial charge on any atom is 0.303 e. The van der Waals surface area contributed by atoms with Crippen LogP contribution in [0.4, 0.5) is 5.69 Å². The summed E-state index contributed by atoms with van der Waals surface area (Å²) in [6.07, 6.45) is 0.800. The van der Waals surface area contributed by atoms with Crippen molar-refractivity contribution in [1.29, 1.82) is 0 Å². The number of carboxylic acid groups (broad SMARTS) is 1. The van der Waals surface area contributed by atoms with Crippen LogP contribution in [0.1, 0.15) is 52.8 Å². The van der Waals surface area contributed by atoms with E-state index in [2.05, 4.69) is 22.6 Å². The summed E-state index contributed by atoms with van der Waals surface area (Å²) >= 11 is 14.3. The Balaban J connectivity index is 1.88. The average molecular weight is 667 g/mol. The first kappa shape index (κ1) is 28.4. The largest absolute Gasteiger partial charge is 0.481 e. The van der Waals surface area contributed by atoms with Crippen molar-refractivity contribution in [3.05, 3.63) is 97.0 Å². The predicted octanol–water partition coefficient (Wildman–Crippen LogP) is 6.12. The molecule has 1 aliphatic rings. The second-order valence-electron chi connectivity index (χ2n) is 8.92. The van der Waals surface area contributed by atoms with Crippen LogP contribution in [0.2, 0.25) is 10.0 Å². The standard InChI is InChI=1S/C28H25Cl2IN2O5/c29-19-8-4-17(5-9-19)24(16-34)33-26(18-6-10-20(30)11-7-18)28(38)32(14-2-1-3-25(35)36)23-13-12-21(31)15-22(23)27(33)37/h4-13,15,24,26,34H,1-3,14,16H2,(H,35,36)/t24-,26-/m1/s1. The van der Waals surface area contributed by atoms with Gasteiger partial charge in [-0.3, -0.25) is 14.4 Å². The molecule has 0 aliphatic carbocycles. The molecule has 1 heterocycles. The van der Waals surface area contributed by atoms with Crippen LogP contribution >= 0.6 is 45.8 Å². The van der Waals surface area contributed by atoms with Crippen LogP contribution in [-0.2, 0) is 9.59 Å². The number of hydrogen-bond donors (Lipinski definition) is 2. The van der Waals surface area contributed by atoms with E-state index in [1.54, 1.807) is 65.6 Å². The number of amides is 2. The molecule has 3 aromatic carbocycles. The minimum Gasteiger partial charge on any atom is -0.481 e. The highest BCUT2D eigenvalue weighted by molar-refractivity contribution is 14.1. The number of rotatable bonds is 9. The molecular weight excluding hydrogens is 642 g/mol. The molecule has 3 aromatic rings. The highest BCUT2D eigenvalue weighted by Crippen LogP contribution is 2.40. The van der Waals surface area contributed by atoms with Gasteiger partial charge in [0, 0.05) is 26.6 Å². The first-order chi connectivity index (χ1) is 18.2. The van der Waals surface area contributed by atoms with Crippen molar-refractivity contribution in [2.24, 2.45) is 0 Å². The molecule has 198 valence electrons. The Morgan fingerprint density at radius 3 is 2.18 bits per heavy atom. The van der Waals surface area contributed by atoms with E-state index in [1.165, 1.54) is 4.90 Å². The summed E-state index contributed by atoms with van der Waals surface area (Å²) in [6.45, 7) is -0.196. The van der Waals surface area contributed by atoms with E-state index < -0.39 is 30.6 Å². The summed E-state index contributed by atoms with van der Waals surface area (Å²) in [7, 11) is 0. The van der Waals surface area contributed by atoms with Crippen molar-refractivity contribution in [3.8, 4) is 0 Å². The van der Waals surface area contributed by atoms with E-state index in [1.807, 2.05) is 6.07 Å². The Hall–Kier alpha value is -2.66. The molecule has 0 saturated carbocycles. The Morgan fingerprint density at radius 2 is 1.58 bits per heavy atom. The Morgan fingerprint density at radius 1 is 0.947 bits per heavy atom. The van der Waals surface area contributed by atoms with Gasteiger partial charge in [0.1, 0.15) is 6.04 Å². The normalized spacial score (nSPS) is 16.3. The summed E-state index contributed by atoms with van der Waals surface area (Å²) < 4.78 is 0.810. The van der Waals surface area contributed by atoms with Crippen LogP contribution < -0.4 is 4.90 Å². The van der Waals surface area contributed by atoms with E-state index in [0.29, 0.717) is 45.3 Å². The number of anilines is 1. The molecule has 1 aliphatic heterocycles. The summed E-state index contributed by atoms with van der Waals surface area (Å²) in [5.41, 5.74) is 1.94. The lowest BCUT2D eigenvalue weighted by Crippen LogP contribution is -2.45. The van der Waals surface area contributed by atoms with Gasteiger partial charge in [-0.2, -0.15) is 0 Å². The number of halogens is 3. The molecule has 0 fully saturated rings. The van der Waals surface area contributed by atoms with E-state index >= 15 is 0 Å². The third kappa shape index (κ3) is 6.14. The smallest absolute Gasteiger partial charge is 0.303 e. The van der Waals surface area contributed by atoms with Gasteiger partial charge in [-0.25, -0.2) is 0 Å². The van der Waals surface area contributed by atoms with Crippen LogP contribution in [-0.4, -0.2) is 46.0 Å². The van der Waals surface area contributed by atoms with E-state index in [0.717, 1.165) is 3.57 Å². The molecule has 2 amide bonds. The number of aliphatic hydroxyl groups is 1. The molecule has 2 N–H and O–H groups in total. The topological polar surface area (TPSA) is 98.2 Å². The van der Waals surface area contributed by atoms with Gasteiger partial charge < -0.3 is 20.0 Å². The fourth-order valence-electron chi connectivity index (χ4n) is 4.64. The number of carbonyl (C=O) groups is 3. The number of benzene rings is 3. The molecule has 4 rings (SSSR count). The first-order valence-corrected chi connectivity index (χ1v) is 13.8. The number of aliphatic hydroxyl groups excluding tert-OH is 1. The Bertz CT molecular complexity index is 1330. The van der Waals surface area contributed by atoms with Crippen molar-refractivity contribution < 1.29 is 24.6 Å². The lowest BCUT2D eigenvalue weighted by Gasteiger charge is -2.36. The maximum atomic E-state index is 14.3. The van der Waals surface area contributed by atoms with Gasteiger partial charge in [0.25, 0.3) is 11.8 Å². The third-order valence-electron chi connectivity index (χ3n) is 6.46. The minimum absolute atomic E-state index is 0.0175. The molecular formula is C28H25Cl2IN2O5. The zero-order chi connectivity index (χ0) is 27.4. The molecule has 0 aromatic heterocycles. The first-order valence-electron chi connectivity index (χ1n) is 12.0. The van der Waals surface area contributed by atoms with Gasteiger partial charge in [-0.05, 0) is 89.0 Å². The molecule has 0 saturated heterocycles. The predicted molar refractivity (Wildman–Crippen MR) is 155 cm³/mol. The fourth-order valence-corrected chi connectivity index (χ4v) is 5.39. The summed E-state index contributed by atoms with van der Waals surface area (Å²) in [4.78, 5) is 42.7. The van der Waals surface area contributed by atoms with Crippen molar-refractivity contribution in [3.63, 3.8) is 0 Å². The lowest BCUT2D eigenvalue weighted by molar-refractivity contribution is -0.137. The zero-order valence-corrected chi connectivity index (χ0v) is 23.9. The van der Waals surface area contributed by atoms with Crippen molar-refractivity contribution >= 4 is 69.3 Å². The quantitative estimate of drug-likeness (QED) is 0.212. The molecule has 10 heteroatoms. The van der Waals surface area contributed by atoms with E-state index in [4.69, 9.17) is 28.3 Å². The summed E-state index contributed by atoms with van der Waals surface area (Å²) in [5, 5.41) is 20.6. The van der Waals surface area contributed by atoms with Crippen LogP contribution in [0.25, 0.3) is 0 Å². The second kappa shape index (κ2) is 12.5. The number of carbonyl (C=O) groups excluding carboxylic acids is 2. The van der Waals surface area contributed by atoms with Gasteiger partial charge in [-0.15, -0.1) is 0 Å². The van der Waals surface area contributed by atoms with Gasteiger partial charge in [0.05, 0.1) is 23.9 Å². The molecule has 0 unspecified atom stereocenters. The molecule has 0 spiro atoms. The van der Waals surface area contributed by atoms with E-state index in [9.17, 15) is 19.5 Å². The minimum atomic E-state index is -1.07. The number of nitrogens with zero attached hydrogens (tertiary/aromatic N) is 2.